The maximum absolute atomic E-state index is 13.1. The highest BCUT2D eigenvalue weighted by Crippen LogP contribution is 2.25. The van der Waals surface area contributed by atoms with E-state index in [1.165, 1.54) is 18.9 Å². The Morgan fingerprint density at radius 1 is 0.839 bits per heavy atom. The molecule has 7 heteroatoms. The van der Waals surface area contributed by atoms with Crippen LogP contribution >= 0.6 is 0 Å². The SMILES string of the molecule is Cc1ccc(S(=O)(=O)N2CCCCCC2)cc1C(=O)Nc1ccc(N2CCCC2)cc1. The molecule has 0 aromatic heterocycles. The predicted molar refractivity (Wildman–Crippen MR) is 124 cm³/mol. The molecule has 0 aliphatic carbocycles. The van der Waals surface area contributed by atoms with Crippen molar-refractivity contribution in [2.45, 2.75) is 50.3 Å². The number of aryl methyl sites for hydroxylation is 1. The number of hydrogen-bond donors (Lipinski definition) is 1. The summed E-state index contributed by atoms with van der Waals surface area (Å²) in [5.74, 6) is -0.292. The van der Waals surface area contributed by atoms with Crippen molar-refractivity contribution in [3.05, 3.63) is 53.6 Å². The number of amides is 1. The van der Waals surface area contributed by atoms with Crippen LogP contribution in [0.15, 0.2) is 47.4 Å². The summed E-state index contributed by atoms with van der Waals surface area (Å²) in [6.07, 6.45) is 6.31. The highest BCUT2D eigenvalue weighted by Gasteiger charge is 2.26. The normalized spacial score (nSPS) is 18.0. The van der Waals surface area contributed by atoms with Gasteiger partial charge in [-0.2, -0.15) is 4.31 Å². The van der Waals surface area contributed by atoms with Gasteiger partial charge >= 0.3 is 0 Å². The van der Waals surface area contributed by atoms with Crippen LogP contribution in [0.2, 0.25) is 0 Å². The molecule has 2 aromatic rings. The van der Waals surface area contributed by atoms with Crippen LogP contribution in [-0.2, 0) is 10.0 Å². The van der Waals surface area contributed by atoms with Gasteiger partial charge in [0.15, 0.2) is 0 Å². The Labute approximate surface area is 185 Å². The highest BCUT2D eigenvalue weighted by molar-refractivity contribution is 7.89. The van der Waals surface area contributed by atoms with E-state index in [9.17, 15) is 13.2 Å². The van der Waals surface area contributed by atoms with Crippen LogP contribution in [0, 0.1) is 6.92 Å². The third-order valence-corrected chi connectivity index (χ3v) is 8.15. The van der Waals surface area contributed by atoms with Crippen LogP contribution in [-0.4, -0.2) is 44.8 Å². The lowest BCUT2D eigenvalue weighted by atomic mass is 10.1. The van der Waals surface area contributed by atoms with E-state index >= 15 is 0 Å². The Hall–Kier alpha value is -2.38. The van der Waals surface area contributed by atoms with Crippen molar-refractivity contribution in [2.24, 2.45) is 0 Å². The molecule has 1 amide bonds. The monoisotopic (exact) mass is 441 g/mol. The summed E-state index contributed by atoms with van der Waals surface area (Å²) in [6.45, 7) is 5.06. The number of rotatable bonds is 5. The first kappa shape index (κ1) is 21.8. The van der Waals surface area contributed by atoms with Gasteiger partial charge in [0.25, 0.3) is 5.91 Å². The largest absolute Gasteiger partial charge is 0.372 e. The third-order valence-electron chi connectivity index (χ3n) is 6.25. The fourth-order valence-electron chi connectivity index (χ4n) is 4.37. The molecule has 0 bridgehead atoms. The molecule has 4 rings (SSSR count). The smallest absolute Gasteiger partial charge is 0.255 e. The quantitative estimate of drug-likeness (QED) is 0.746. The maximum atomic E-state index is 13.1. The van der Waals surface area contributed by atoms with E-state index in [0.29, 0.717) is 24.3 Å². The van der Waals surface area contributed by atoms with E-state index in [1.807, 2.05) is 31.2 Å². The lowest BCUT2D eigenvalue weighted by Gasteiger charge is -2.20. The Morgan fingerprint density at radius 3 is 2.10 bits per heavy atom. The van der Waals surface area contributed by atoms with Crippen molar-refractivity contribution in [3.8, 4) is 0 Å². The molecule has 0 saturated carbocycles. The molecule has 2 fully saturated rings. The van der Waals surface area contributed by atoms with Crippen LogP contribution in [0.3, 0.4) is 0 Å². The summed E-state index contributed by atoms with van der Waals surface area (Å²) in [6, 6.07) is 12.7. The second-order valence-corrected chi connectivity index (χ2v) is 10.4. The minimum atomic E-state index is -3.60. The molecule has 166 valence electrons. The molecule has 6 nitrogen and oxygen atoms in total. The van der Waals surface area contributed by atoms with E-state index in [4.69, 9.17) is 0 Å². The zero-order chi connectivity index (χ0) is 21.8. The molecule has 0 spiro atoms. The lowest BCUT2D eigenvalue weighted by molar-refractivity contribution is 0.102. The molecule has 2 saturated heterocycles. The van der Waals surface area contributed by atoms with Crippen molar-refractivity contribution >= 4 is 27.3 Å². The third kappa shape index (κ3) is 4.93. The summed E-state index contributed by atoms with van der Waals surface area (Å²) in [4.78, 5) is 15.5. The molecule has 2 aliphatic rings. The predicted octanol–water partition coefficient (Wildman–Crippen LogP) is 4.41. The zero-order valence-electron chi connectivity index (χ0n) is 18.1. The van der Waals surface area contributed by atoms with Crippen molar-refractivity contribution in [2.75, 3.05) is 36.4 Å². The molecule has 1 N–H and O–H groups in total. The second kappa shape index (κ2) is 9.40. The van der Waals surface area contributed by atoms with E-state index < -0.39 is 10.0 Å². The highest BCUT2D eigenvalue weighted by atomic mass is 32.2. The molecule has 2 heterocycles. The Kier molecular flexibility index (Phi) is 6.62. The van der Waals surface area contributed by atoms with Gasteiger partial charge < -0.3 is 10.2 Å². The van der Waals surface area contributed by atoms with Crippen LogP contribution in [0.4, 0.5) is 11.4 Å². The summed E-state index contributed by atoms with van der Waals surface area (Å²) < 4.78 is 27.8. The van der Waals surface area contributed by atoms with Gasteiger partial charge in [0, 0.05) is 43.1 Å². The minimum absolute atomic E-state index is 0.189. The maximum Gasteiger partial charge on any atom is 0.255 e. The van der Waals surface area contributed by atoms with E-state index in [2.05, 4.69) is 10.2 Å². The van der Waals surface area contributed by atoms with Gasteiger partial charge in [-0.3, -0.25) is 4.79 Å². The van der Waals surface area contributed by atoms with E-state index in [0.717, 1.165) is 50.0 Å². The number of nitrogens with zero attached hydrogens (tertiary/aromatic N) is 2. The molecule has 31 heavy (non-hydrogen) atoms. The number of carbonyl (C=O) groups is 1. The van der Waals surface area contributed by atoms with Crippen LogP contribution in [0.1, 0.15) is 54.4 Å². The lowest BCUT2D eigenvalue weighted by Crippen LogP contribution is -2.32. The van der Waals surface area contributed by atoms with Gasteiger partial charge in [0.1, 0.15) is 0 Å². The fraction of sp³-hybridized carbons (Fsp3) is 0.458. The molecule has 0 atom stereocenters. The van der Waals surface area contributed by atoms with Gasteiger partial charge in [0.05, 0.1) is 4.90 Å². The average molecular weight is 442 g/mol. The van der Waals surface area contributed by atoms with Gasteiger partial charge in [0.2, 0.25) is 10.0 Å². The Bertz CT molecular complexity index is 1020. The van der Waals surface area contributed by atoms with Crippen molar-refractivity contribution < 1.29 is 13.2 Å². The minimum Gasteiger partial charge on any atom is -0.372 e. The molecule has 0 unspecified atom stereocenters. The molecular weight excluding hydrogens is 410 g/mol. The molecular formula is C24H31N3O3S. The second-order valence-electron chi connectivity index (χ2n) is 8.49. The van der Waals surface area contributed by atoms with Crippen molar-refractivity contribution in [1.82, 2.24) is 4.31 Å². The van der Waals surface area contributed by atoms with Crippen molar-refractivity contribution in [1.29, 1.82) is 0 Å². The number of nitrogens with one attached hydrogen (secondary N) is 1. The van der Waals surface area contributed by atoms with E-state index in [1.54, 1.807) is 16.4 Å². The summed E-state index contributed by atoms with van der Waals surface area (Å²) in [5.41, 5.74) is 3.01. The molecule has 2 aromatic carbocycles. The number of anilines is 2. The number of sulfonamides is 1. The average Bonchev–Trinajstić information content (AvgIpc) is 3.16. The van der Waals surface area contributed by atoms with Crippen molar-refractivity contribution in [3.63, 3.8) is 0 Å². The fourth-order valence-corrected chi connectivity index (χ4v) is 5.91. The zero-order valence-corrected chi connectivity index (χ0v) is 19.0. The topological polar surface area (TPSA) is 69.7 Å². The first-order chi connectivity index (χ1) is 14.9. The van der Waals surface area contributed by atoms with Gasteiger partial charge in [-0.15, -0.1) is 0 Å². The Balaban J connectivity index is 1.51. The van der Waals surface area contributed by atoms with Crippen LogP contribution in [0.5, 0.6) is 0 Å². The van der Waals surface area contributed by atoms with Gasteiger partial charge in [-0.05, 0) is 74.6 Å². The summed E-state index contributed by atoms with van der Waals surface area (Å²) in [5, 5.41) is 2.92. The van der Waals surface area contributed by atoms with E-state index in [-0.39, 0.29) is 10.8 Å². The first-order valence-corrected chi connectivity index (χ1v) is 12.7. The van der Waals surface area contributed by atoms with Crippen LogP contribution < -0.4 is 10.2 Å². The number of hydrogen-bond acceptors (Lipinski definition) is 4. The number of benzene rings is 2. The Morgan fingerprint density at radius 2 is 1.45 bits per heavy atom. The summed E-state index contributed by atoms with van der Waals surface area (Å²) >= 11 is 0. The first-order valence-electron chi connectivity index (χ1n) is 11.2. The van der Waals surface area contributed by atoms with Gasteiger partial charge in [-0.25, -0.2) is 8.42 Å². The molecule has 0 radical (unpaired) electrons. The number of carbonyl (C=O) groups excluding carboxylic acids is 1. The molecule has 2 aliphatic heterocycles. The summed E-state index contributed by atoms with van der Waals surface area (Å²) in [7, 11) is -3.60. The van der Waals surface area contributed by atoms with Crippen LogP contribution in [0.25, 0.3) is 0 Å². The van der Waals surface area contributed by atoms with Gasteiger partial charge in [-0.1, -0.05) is 18.9 Å². The standard InChI is InChI=1S/C24H31N3O3S/c1-19-8-13-22(31(29,30)27-16-4-2-3-5-17-27)18-23(19)24(28)25-20-9-11-21(12-10-20)26-14-6-7-15-26/h8-13,18H,2-7,14-17H2,1H3,(H,25,28).